The highest BCUT2D eigenvalue weighted by Crippen LogP contribution is 2.20. The maximum absolute atomic E-state index is 12.8. The van der Waals surface area contributed by atoms with Crippen molar-refractivity contribution in [1.29, 1.82) is 0 Å². The molecule has 15 N–H and O–H groups in total. The van der Waals surface area contributed by atoms with Crippen LogP contribution in [0.1, 0.15) is 224 Å². The first kappa shape index (κ1) is 109. The van der Waals surface area contributed by atoms with Gasteiger partial charge in [-0.05, 0) is 70.6 Å². The summed E-state index contributed by atoms with van der Waals surface area (Å²) in [6.45, 7) is -1.47. The van der Waals surface area contributed by atoms with Gasteiger partial charge in [-0.3, -0.25) is 86.8 Å². The average Bonchev–Trinajstić information content (AvgIpc) is 1.67. The van der Waals surface area contributed by atoms with Crippen LogP contribution in [-0.2, 0) is 121 Å². The lowest BCUT2D eigenvalue weighted by Gasteiger charge is -2.19. The maximum atomic E-state index is 12.8. The number of nitrogens with one attached hydrogen (secondary N) is 7. The number of aromatic amines is 1. The molecule has 0 saturated carbocycles. The predicted octanol–water partition coefficient (Wildman–Crippen LogP) is 2.98. The average molecular weight is 1730 g/mol. The zero-order valence-electron chi connectivity index (χ0n) is 70.0. The summed E-state index contributed by atoms with van der Waals surface area (Å²) in [5.41, 5.74) is 6.28. The number of aliphatic carboxylic acids is 6. The highest BCUT2D eigenvalue weighted by atomic mass is 16.5. The molecular formula is C81H132N10O30. The Hall–Kier alpha value is -9.61. The summed E-state index contributed by atoms with van der Waals surface area (Å²) in [6, 6.07) is -2.28. The molecule has 0 radical (unpaired) electrons. The van der Waals surface area contributed by atoms with Crippen molar-refractivity contribution in [3.8, 4) is 0 Å². The molecule has 1 aromatic rings. The lowest BCUT2D eigenvalue weighted by molar-refractivity contribution is -0.145. The zero-order chi connectivity index (χ0) is 89.8. The number of carbonyl (C=O) groups excluding carboxylic acids is 12. The number of primary amides is 1. The number of carboxylic acid groups (broad SMARTS) is 6. The van der Waals surface area contributed by atoms with Crippen LogP contribution < -0.4 is 37.6 Å². The van der Waals surface area contributed by atoms with E-state index in [2.05, 4.69) is 41.9 Å². The summed E-state index contributed by atoms with van der Waals surface area (Å²) in [5.74, 6) is -17.7. The molecule has 121 heavy (non-hydrogen) atoms. The van der Waals surface area contributed by atoms with Crippen molar-refractivity contribution < 1.29 is 145 Å². The first-order valence-corrected chi connectivity index (χ1v) is 41.9. The second-order valence-electron chi connectivity index (χ2n) is 29.7. The third kappa shape index (κ3) is 62.2. The number of aryl methyl sites for hydroxylation is 1. The summed E-state index contributed by atoms with van der Waals surface area (Å²) >= 11 is 0. The Morgan fingerprint density at radius 2 is 0.760 bits per heavy atom. The van der Waals surface area contributed by atoms with Gasteiger partial charge in [0, 0.05) is 122 Å². The molecule has 0 aliphatic heterocycles. The van der Waals surface area contributed by atoms with E-state index in [4.69, 9.17) is 39.3 Å². The fourth-order valence-electron chi connectivity index (χ4n) is 12.2. The quantitative estimate of drug-likeness (QED) is 0.0417. The first-order valence-electron chi connectivity index (χ1n) is 41.9. The number of ketones is 5. The molecule has 0 aromatic carbocycles. The monoisotopic (exact) mass is 1720 g/mol. The zero-order valence-corrected chi connectivity index (χ0v) is 70.0. The number of carbonyl (C=O) groups is 18. The molecule has 40 heteroatoms. The van der Waals surface area contributed by atoms with Crippen molar-refractivity contribution in [3.63, 3.8) is 0 Å². The van der Waals surface area contributed by atoms with Crippen LogP contribution in [0.2, 0.25) is 0 Å². The van der Waals surface area contributed by atoms with Crippen molar-refractivity contribution in [2.45, 2.75) is 237 Å². The number of hydrogen-bond acceptors (Lipinski definition) is 26. The third-order valence-electron chi connectivity index (χ3n) is 19.4. The number of hydrogen-bond donors (Lipinski definition) is 14. The number of amides is 7. The molecule has 1 rings (SSSR count). The second kappa shape index (κ2) is 70.0. The molecule has 0 spiro atoms. The highest BCUT2D eigenvalue weighted by molar-refractivity contribution is 5.90. The van der Waals surface area contributed by atoms with Crippen LogP contribution in [-0.4, -0.2) is 289 Å². The van der Waals surface area contributed by atoms with Gasteiger partial charge in [0.15, 0.2) is 23.1 Å². The minimum absolute atomic E-state index is 0.00304. The van der Waals surface area contributed by atoms with Crippen LogP contribution in [0.15, 0.2) is 12.5 Å². The maximum Gasteiger partial charge on any atom is 0.326 e. The molecule has 0 saturated heterocycles. The summed E-state index contributed by atoms with van der Waals surface area (Å²) in [4.78, 5) is 228. The van der Waals surface area contributed by atoms with Gasteiger partial charge in [-0.25, -0.2) is 9.78 Å². The SMILES string of the molecule is CN(CCCC[C@H](NCC(=O)CNC(=O)CCc1cnc[nH]1)C(N)=O)C(=O)CC[C@H](CC(=O)COCCOCCNC(=O)CC[C@H](CC(=O)COCCOCCNC(=O)CC[C@H](CC(=O)COCCOCCNC(=O)CC[C@H](NC(=O)CC[C@H](CC(=O)CCCCCCCCCCCCCCCCC(=O)O)C(=O)O)C(=O)O)C(=O)O)C(=O)O)C(=O)O. The van der Waals surface area contributed by atoms with Crippen LogP contribution in [0.3, 0.4) is 0 Å². The van der Waals surface area contributed by atoms with Crippen LogP contribution in [0.25, 0.3) is 0 Å². The van der Waals surface area contributed by atoms with E-state index in [0.29, 0.717) is 25.7 Å². The number of Topliss-reactive ketones (excluding diaryl/α,β-unsaturated/α-hetero) is 5. The summed E-state index contributed by atoms with van der Waals surface area (Å²) in [5, 5.41) is 72.5. The number of ether oxygens (including phenoxy) is 6. The van der Waals surface area contributed by atoms with E-state index in [-0.39, 0.29) is 225 Å². The molecule has 1 aromatic heterocycles. The topological polar surface area (TPSA) is 614 Å². The minimum atomic E-state index is -1.44. The first-order chi connectivity index (χ1) is 57.9. The third-order valence-corrected chi connectivity index (χ3v) is 19.4. The molecule has 686 valence electrons. The Balaban J connectivity index is 2.15. The van der Waals surface area contributed by atoms with Crippen molar-refractivity contribution in [1.82, 2.24) is 46.8 Å². The van der Waals surface area contributed by atoms with Gasteiger partial charge < -0.3 is 101 Å². The second-order valence-corrected chi connectivity index (χ2v) is 29.7. The van der Waals surface area contributed by atoms with Gasteiger partial charge in [0.05, 0.1) is 109 Å². The Morgan fingerprint density at radius 3 is 1.16 bits per heavy atom. The van der Waals surface area contributed by atoms with Gasteiger partial charge in [0.25, 0.3) is 0 Å². The molecule has 1 heterocycles. The largest absolute Gasteiger partial charge is 0.481 e. The lowest BCUT2D eigenvalue weighted by Crippen LogP contribution is -2.45. The van der Waals surface area contributed by atoms with E-state index in [1.54, 1.807) is 6.20 Å². The number of carboxylic acids is 6. The van der Waals surface area contributed by atoms with E-state index >= 15 is 0 Å². The molecule has 6 atom stereocenters. The van der Waals surface area contributed by atoms with Crippen molar-refractivity contribution in [2.24, 2.45) is 29.4 Å². The van der Waals surface area contributed by atoms with Crippen LogP contribution >= 0.6 is 0 Å². The smallest absolute Gasteiger partial charge is 0.326 e. The van der Waals surface area contributed by atoms with Gasteiger partial charge in [0.1, 0.15) is 31.6 Å². The molecule has 7 amide bonds. The number of nitrogens with zero attached hydrogens (tertiary/aromatic N) is 2. The van der Waals surface area contributed by atoms with Gasteiger partial charge in [-0.1, -0.05) is 77.0 Å². The minimum Gasteiger partial charge on any atom is -0.481 e. The lowest BCUT2D eigenvalue weighted by atomic mass is 9.94. The predicted molar refractivity (Wildman–Crippen MR) is 432 cm³/mol. The molecule has 0 aliphatic rings. The summed E-state index contributed by atoms with van der Waals surface area (Å²) in [6.07, 6.45) is 16.1. The van der Waals surface area contributed by atoms with Crippen molar-refractivity contribution in [3.05, 3.63) is 18.2 Å². The number of nitrogens with two attached hydrogens (primary N) is 1. The Kier molecular flexibility index (Phi) is 63.3. The highest BCUT2D eigenvalue weighted by Gasteiger charge is 2.29. The molecular weight excluding hydrogens is 1590 g/mol. The Labute approximate surface area is 705 Å². The van der Waals surface area contributed by atoms with Gasteiger partial charge in [-0.2, -0.15) is 0 Å². The summed E-state index contributed by atoms with van der Waals surface area (Å²) in [7, 11) is 1.54. The van der Waals surface area contributed by atoms with Gasteiger partial charge in [-0.15, -0.1) is 0 Å². The fraction of sp³-hybridized carbons (Fsp3) is 0.741. The molecule has 0 fully saturated rings. The van der Waals surface area contributed by atoms with E-state index in [9.17, 15) is 112 Å². The van der Waals surface area contributed by atoms with Crippen LogP contribution in [0, 0.1) is 23.7 Å². The van der Waals surface area contributed by atoms with E-state index < -0.39 is 151 Å². The molecule has 40 nitrogen and oxygen atoms in total. The number of aromatic nitrogens is 2. The number of imidazole rings is 1. The Bertz CT molecular complexity index is 3290. The standard InChI is InChI=1S/C81H132N10O30/c1-91(36-17-16-19-67(76(82)105)87-51-66(96)52-88-72(100)30-25-61-50-83-56-89-61)74(102)32-24-60(80(112)113)49-65(95)55-121-45-41-117-38-34-85-70(98)28-21-58(78(108)109)47-63(93)53-119-43-40-116-37-33-84-69(97)27-22-59(79(110)111)48-64(94)54-120-44-42-118-39-35-86-71(99)31-26-68(81(114)115)90-73(101)29-23-57(77(106)107)46-62(92)18-14-12-10-8-6-4-2-3-5-7-9-11-13-15-20-75(103)104/h50,56-60,67-68,87H,2-49,51-55H2,1H3,(H2,82,105)(H,83,89)(H,84,97)(H,85,98)(H,86,99)(H,88,100)(H,90,101)(H,103,104)(H,106,107)(H,108,109)(H,110,111)(H,112,113)(H,114,115)/t57-,58-,59-,60-,67+,68+/m1/s1. The summed E-state index contributed by atoms with van der Waals surface area (Å²) < 4.78 is 32.1. The molecule has 0 aliphatic carbocycles. The van der Waals surface area contributed by atoms with E-state index in [1.165, 1.54) is 37.5 Å². The van der Waals surface area contributed by atoms with Gasteiger partial charge >= 0.3 is 35.8 Å². The number of unbranched alkanes of at least 4 members (excludes halogenated alkanes) is 14. The number of rotatable bonds is 84. The fourth-order valence-corrected chi connectivity index (χ4v) is 12.2. The number of H-pyrrole nitrogens is 1. The Morgan fingerprint density at radius 1 is 0.380 bits per heavy atom. The van der Waals surface area contributed by atoms with Crippen LogP contribution in [0.4, 0.5) is 0 Å². The van der Waals surface area contributed by atoms with Crippen LogP contribution in [0.5, 0.6) is 0 Å². The molecule has 0 bridgehead atoms. The van der Waals surface area contributed by atoms with E-state index in [0.717, 1.165) is 69.9 Å². The van der Waals surface area contributed by atoms with Gasteiger partial charge in [0.2, 0.25) is 41.4 Å². The van der Waals surface area contributed by atoms with E-state index in [1.807, 2.05) is 0 Å². The van der Waals surface area contributed by atoms with Crippen molar-refractivity contribution in [2.75, 3.05) is 126 Å². The molecule has 0 unspecified atom stereocenters. The normalized spacial score (nSPS) is 12.6. The van der Waals surface area contributed by atoms with Crippen molar-refractivity contribution >= 4 is 106 Å².